The molecule has 0 aliphatic heterocycles. The number of esters is 1. The van der Waals surface area contributed by atoms with E-state index in [9.17, 15) is 14.4 Å². The summed E-state index contributed by atoms with van der Waals surface area (Å²) in [7, 11) is 0. The molecule has 0 saturated carbocycles. The fraction of sp³-hybridized carbons (Fsp3) is 0.348. The molecule has 0 N–H and O–H groups in total. The smallest absolute Gasteiger partial charge is 0.320 e. The maximum atomic E-state index is 13.2. The van der Waals surface area contributed by atoms with Gasteiger partial charge in [0.1, 0.15) is 11.0 Å². The Hall–Kier alpha value is -2.40. The van der Waals surface area contributed by atoms with Crippen LogP contribution in [0.2, 0.25) is 0 Å². The zero-order chi connectivity index (χ0) is 20.4. The molecule has 1 atom stereocenters. The van der Waals surface area contributed by atoms with Gasteiger partial charge in [0, 0.05) is 16.9 Å². The highest BCUT2D eigenvalue weighted by molar-refractivity contribution is 8.13. The van der Waals surface area contributed by atoms with Gasteiger partial charge >= 0.3 is 5.97 Å². The normalized spacial score (nSPS) is 18.6. The number of carbonyl (C=O) groups excluding carboxylic acids is 3. The third-order valence-corrected chi connectivity index (χ3v) is 5.65. The van der Waals surface area contributed by atoms with Crippen molar-refractivity contribution >= 4 is 28.6 Å². The van der Waals surface area contributed by atoms with Crippen LogP contribution in [0.25, 0.3) is 0 Å². The van der Waals surface area contributed by atoms with E-state index in [1.807, 2.05) is 42.5 Å². The first-order valence-corrected chi connectivity index (χ1v) is 10.1. The summed E-state index contributed by atoms with van der Waals surface area (Å²) in [5.41, 5.74) is -0.649. The van der Waals surface area contributed by atoms with E-state index < -0.39 is 17.0 Å². The number of ketones is 1. The van der Waals surface area contributed by atoms with Crippen molar-refractivity contribution in [2.45, 2.75) is 50.5 Å². The maximum absolute atomic E-state index is 13.2. The lowest BCUT2D eigenvalue weighted by molar-refractivity contribution is -0.164. The Morgan fingerprint density at radius 2 is 1.68 bits per heavy atom. The second-order valence-corrected chi connectivity index (χ2v) is 9.17. The van der Waals surface area contributed by atoms with Gasteiger partial charge in [-0.25, -0.2) is 0 Å². The molecule has 0 radical (unpaired) electrons. The molecule has 2 aromatic rings. The van der Waals surface area contributed by atoms with Gasteiger partial charge in [-0.05, 0) is 51.3 Å². The molecule has 1 aliphatic rings. The largest absolute Gasteiger partial charge is 0.459 e. The summed E-state index contributed by atoms with van der Waals surface area (Å²) in [6, 6.07) is 16.6. The Labute approximate surface area is 169 Å². The van der Waals surface area contributed by atoms with E-state index in [4.69, 9.17) is 4.74 Å². The number of ether oxygens (including phenoxy) is 1. The van der Waals surface area contributed by atoms with E-state index in [2.05, 4.69) is 0 Å². The SMILES string of the molecule is CC(C)(C)OC(=O)[C@@]1(CCC(=O)Sc2ccccc2)Cc2ccccc2C1=O. The molecular weight excluding hydrogens is 372 g/mol. The van der Waals surface area contributed by atoms with Crippen LogP contribution in [-0.2, 0) is 20.7 Å². The lowest BCUT2D eigenvalue weighted by Gasteiger charge is -2.29. The first kappa shape index (κ1) is 20.3. The van der Waals surface area contributed by atoms with Gasteiger partial charge in [0.05, 0.1) is 0 Å². The topological polar surface area (TPSA) is 60.4 Å². The number of thioether (sulfide) groups is 1. The van der Waals surface area contributed by atoms with Gasteiger partial charge in [0.2, 0.25) is 0 Å². The van der Waals surface area contributed by atoms with E-state index in [-0.39, 0.29) is 30.2 Å². The molecule has 5 heteroatoms. The average molecular weight is 397 g/mol. The third-order valence-electron chi connectivity index (χ3n) is 4.71. The van der Waals surface area contributed by atoms with Crippen LogP contribution in [0.1, 0.15) is 49.5 Å². The van der Waals surface area contributed by atoms with Crippen LogP contribution in [0.4, 0.5) is 0 Å². The van der Waals surface area contributed by atoms with Gasteiger partial charge in [0.15, 0.2) is 10.9 Å². The molecule has 0 aromatic heterocycles. The molecule has 0 bridgehead atoms. The third kappa shape index (κ3) is 4.36. The Bertz CT molecular complexity index is 898. The minimum atomic E-state index is -1.33. The van der Waals surface area contributed by atoms with Crippen molar-refractivity contribution in [1.82, 2.24) is 0 Å². The first-order valence-electron chi connectivity index (χ1n) is 9.33. The Balaban J connectivity index is 1.81. The van der Waals surface area contributed by atoms with E-state index >= 15 is 0 Å². The number of fused-ring (bicyclic) bond motifs is 1. The summed E-state index contributed by atoms with van der Waals surface area (Å²) < 4.78 is 5.60. The summed E-state index contributed by atoms with van der Waals surface area (Å²) in [6.07, 6.45) is 0.548. The fourth-order valence-corrected chi connectivity index (χ4v) is 4.15. The minimum Gasteiger partial charge on any atom is -0.459 e. The van der Waals surface area contributed by atoms with Crippen LogP contribution in [0.15, 0.2) is 59.5 Å². The molecule has 2 aromatic carbocycles. The lowest BCUT2D eigenvalue weighted by Crippen LogP contribution is -2.42. The standard InChI is InChI=1S/C23H24O4S/c1-22(2,3)27-21(26)23(15-16-9-7-8-12-18(16)20(23)25)14-13-19(24)28-17-10-5-4-6-11-17/h4-12H,13-15H2,1-3H3/t23-/m0/s1. The summed E-state index contributed by atoms with van der Waals surface area (Å²) in [4.78, 5) is 39.6. The molecule has 0 saturated heterocycles. The summed E-state index contributed by atoms with van der Waals surface area (Å²) in [5.74, 6) is -0.784. The van der Waals surface area contributed by atoms with Crippen molar-refractivity contribution in [3.05, 3.63) is 65.7 Å². The van der Waals surface area contributed by atoms with Gasteiger partial charge in [-0.1, -0.05) is 54.2 Å². The zero-order valence-electron chi connectivity index (χ0n) is 16.4. The number of carbonyl (C=O) groups is 3. The molecule has 0 spiro atoms. The molecule has 1 aliphatic carbocycles. The van der Waals surface area contributed by atoms with Gasteiger partial charge < -0.3 is 4.74 Å². The monoisotopic (exact) mass is 396 g/mol. The van der Waals surface area contributed by atoms with E-state index in [1.54, 1.807) is 32.9 Å². The first-order chi connectivity index (χ1) is 13.2. The van der Waals surface area contributed by atoms with Crippen molar-refractivity contribution < 1.29 is 19.1 Å². The second-order valence-electron chi connectivity index (χ2n) is 8.03. The number of Topliss-reactive ketones (excluding diaryl/α,β-unsaturated/α-hetero) is 1. The summed E-state index contributed by atoms with van der Waals surface area (Å²) in [6.45, 7) is 5.34. The fourth-order valence-electron chi connectivity index (χ4n) is 3.39. The molecule has 28 heavy (non-hydrogen) atoms. The zero-order valence-corrected chi connectivity index (χ0v) is 17.2. The Kier molecular flexibility index (Phi) is 5.75. The van der Waals surface area contributed by atoms with E-state index in [1.165, 1.54) is 0 Å². The molecule has 0 heterocycles. The van der Waals surface area contributed by atoms with Gasteiger partial charge in [-0.2, -0.15) is 0 Å². The number of hydrogen-bond donors (Lipinski definition) is 0. The quantitative estimate of drug-likeness (QED) is 0.411. The van der Waals surface area contributed by atoms with Crippen LogP contribution in [0.5, 0.6) is 0 Å². The molecule has 0 unspecified atom stereocenters. The van der Waals surface area contributed by atoms with Crippen molar-refractivity contribution in [2.75, 3.05) is 0 Å². The Morgan fingerprint density at radius 1 is 1.04 bits per heavy atom. The molecule has 4 nitrogen and oxygen atoms in total. The van der Waals surface area contributed by atoms with Crippen LogP contribution in [0.3, 0.4) is 0 Å². The second kappa shape index (κ2) is 7.92. The summed E-state index contributed by atoms with van der Waals surface area (Å²) >= 11 is 1.13. The van der Waals surface area contributed by atoms with Crippen molar-refractivity contribution in [3.8, 4) is 0 Å². The van der Waals surface area contributed by atoms with E-state index in [0.717, 1.165) is 22.2 Å². The lowest BCUT2D eigenvalue weighted by atomic mass is 9.79. The van der Waals surface area contributed by atoms with E-state index in [0.29, 0.717) is 5.56 Å². The molecule has 0 fully saturated rings. The van der Waals surface area contributed by atoms with Crippen LogP contribution >= 0.6 is 11.8 Å². The molecule has 3 rings (SSSR count). The number of hydrogen-bond acceptors (Lipinski definition) is 5. The van der Waals surface area contributed by atoms with Gasteiger partial charge in [-0.3, -0.25) is 14.4 Å². The molecular formula is C23H24O4S. The number of rotatable bonds is 5. The highest BCUT2D eigenvalue weighted by atomic mass is 32.2. The average Bonchev–Trinajstić information content (AvgIpc) is 2.93. The highest BCUT2D eigenvalue weighted by Crippen LogP contribution is 2.43. The van der Waals surface area contributed by atoms with Crippen molar-refractivity contribution in [2.24, 2.45) is 5.41 Å². The molecule has 0 amide bonds. The summed E-state index contributed by atoms with van der Waals surface area (Å²) in [5, 5.41) is -0.0714. The molecule has 146 valence electrons. The minimum absolute atomic E-state index is 0.0714. The highest BCUT2D eigenvalue weighted by Gasteiger charge is 2.53. The van der Waals surface area contributed by atoms with Crippen LogP contribution < -0.4 is 0 Å². The predicted molar refractivity (Wildman–Crippen MR) is 109 cm³/mol. The van der Waals surface area contributed by atoms with Crippen LogP contribution in [0, 0.1) is 5.41 Å². The van der Waals surface area contributed by atoms with Crippen molar-refractivity contribution in [1.29, 1.82) is 0 Å². The van der Waals surface area contributed by atoms with Gasteiger partial charge in [0.25, 0.3) is 0 Å². The van der Waals surface area contributed by atoms with Crippen molar-refractivity contribution in [3.63, 3.8) is 0 Å². The van der Waals surface area contributed by atoms with Crippen LogP contribution in [-0.4, -0.2) is 22.5 Å². The van der Waals surface area contributed by atoms with Gasteiger partial charge in [-0.15, -0.1) is 0 Å². The number of benzene rings is 2. The maximum Gasteiger partial charge on any atom is 0.320 e. The Morgan fingerprint density at radius 3 is 2.32 bits per heavy atom. The predicted octanol–water partition coefficient (Wildman–Crippen LogP) is 4.85.